The van der Waals surface area contributed by atoms with Crippen molar-refractivity contribution in [1.82, 2.24) is 0 Å². The molecule has 12 heavy (non-hydrogen) atoms. The van der Waals surface area contributed by atoms with Crippen molar-refractivity contribution >= 4 is 14.0 Å². The van der Waals surface area contributed by atoms with E-state index in [2.05, 4.69) is 26.6 Å². The van der Waals surface area contributed by atoms with Gasteiger partial charge in [-0.3, -0.25) is 0 Å². The average Bonchev–Trinajstić information content (AvgIpc) is 2.00. The van der Waals surface area contributed by atoms with Crippen molar-refractivity contribution in [2.45, 2.75) is 33.0 Å². The molecule has 0 radical (unpaired) electrons. The SMILES string of the molecule is C=C(C)C(=O)OC[Si](C)(C)CC. The maximum Gasteiger partial charge on any atom is 0.332 e. The van der Waals surface area contributed by atoms with Gasteiger partial charge in [0.2, 0.25) is 0 Å². The number of carbonyl (C=O) groups excluding carboxylic acids is 1. The molecule has 0 aliphatic rings. The van der Waals surface area contributed by atoms with Crippen LogP contribution in [0.5, 0.6) is 0 Å². The Bertz CT molecular complexity index is 185. The highest BCUT2D eigenvalue weighted by Gasteiger charge is 2.20. The molecule has 0 amide bonds. The van der Waals surface area contributed by atoms with E-state index in [0.29, 0.717) is 11.8 Å². The van der Waals surface area contributed by atoms with Gasteiger partial charge in [0.15, 0.2) is 0 Å². The predicted molar refractivity (Wildman–Crippen MR) is 53.7 cm³/mol. The van der Waals surface area contributed by atoms with E-state index in [1.165, 1.54) is 0 Å². The third-order valence-electron chi connectivity index (χ3n) is 1.90. The van der Waals surface area contributed by atoms with Crippen LogP contribution in [0, 0.1) is 0 Å². The molecule has 0 spiro atoms. The summed E-state index contributed by atoms with van der Waals surface area (Å²) in [5.41, 5.74) is 0.482. The lowest BCUT2D eigenvalue weighted by molar-refractivity contribution is -0.137. The fourth-order valence-corrected chi connectivity index (χ4v) is 1.21. The summed E-state index contributed by atoms with van der Waals surface area (Å²) in [5.74, 6) is -0.260. The highest BCUT2D eigenvalue weighted by Crippen LogP contribution is 2.09. The minimum Gasteiger partial charge on any atom is -0.466 e. The van der Waals surface area contributed by atoms with Crippen LogP contribution in [-0.4, -0.2) is 20.3 Å². The number of rotatable bonds is 4. The molecule has 0 atom stereocenters. The van der Waals surface area contributed by atoms with Crippen molar-refractivity contribution in [3.05, 3.63) is 12.2 Å². The first-order chi connectivity index (χ1) is 5.39. The first kappa shape index (κ1) is 11.4. The molecular weight excluding hydrogens is 168 g/mol. The third kappa shape index (κ3) is 4.33. The molecule has 0 saturated heterocycles. The zero-order valence-electron chi connectivity index (χ0n) is 8.44. The maximum absolute atomic E-state index is 11.0. The lowest BCUT2D eigenvalue weighted by Crippen LogP contribution is -2.33. The molecule has 0 aromatic heterocycles. The van der Waals surface area contributed by atoms with E-state index in [4.69, 9.17) is 4.74 Å². The van der Waals surface area contributed by atoms with E-state index in [1.807, 2.05) is 0 Å². The van der Waals surface area contributed by atoms with Crippen molar-refractivity contribution in [2.24, 2.45) is 0 Å². The summed E-state index contributed by atoms with van der Waals surface area (Å²) >= 11 is 0. The molecule has 70 valence electrons. The molecule has 0 aliphatic carbocycles. The Morgan fingerprint density at radius 1 is 1.50 bits per heavy atom. The van der Waals surface area contributed by atoms with Gasteiger partial charge in [0.05, 0.1) is 14.3 Å². The van der Waals surface area contributed by atoms with Crippen molar-refractivity contribution in [3.8, 4) is 0 Å². The molecule has 0 aliphatic heterocycles. The second-order valence-corrected chi connectivity index (χ2v) is 9.20. The molecule has 0 N–H and O–H groups in total. The third-order valence-corrected chi connectivity index (χ3v) is 4.74. The summed E-state index contributed by atoms with van der Waals surface area (Å²) in [7, 11) is -1.27. The Morgan fingerprint density at radius 2 is 2.00 bits per heavy atom. The summed E-state index contributed by atoms with van der Waals surface area (Å²) in [6.07, 6.45) is 0.606. The summed E-state index contributed by atoms with van der Waals surface area (Å²) in [6.45, 7) is 11.7. The first-order valence-corrected chi connectivity index (χ1v) is 7.63. The molecule has 0 aromatic rings. The topological polar surface area (TPSA) is 26.3 Å². The van der Waals surface area contributed by atoms with Gasteiger partial charge in [-0.2, -0.15) is 0 Å². The van der Waals surface area contributed by atoms with E-state index in [1.54, 1.807) is 6.92 Å². The van der Waals surface area contributed by atoms with Gasteiger partial charge in [0, 0.05) is 5.57 Å². The summed E-state index contributed by atoms with van der Waals surface area (Å²) in [5, 5.41) is 0. The highest BCUT2D eigenvalue weighted by molar-refractivity contribution is 6.77. The second-order valence-electron chi connectivity index (χ2n) is 3.87. The van der Waals surface area contributed by atoms with Crippen molar-refractivity contribution in [1.29, 1.82) is 0 Å². The Kier molecular flexibility index (Phi) is 4.24. The first-order valence-electron chi connectivity index (χ1n) is 4.21. The van der Waals surface area contributed by atoms with Crippen LogP contribution in [0.25, 0.3) is 0 Å². The van der Waals surface area contributed by atoms with Gasteiger partial charge >= 0.3 is 5.97 Å². The molecule has 2 nitrogen and oxygen atoms in total. The molecule has 0 saturated carbocycles. The summed E-state index contributed by atoms with van der Waals surface area (Å²) in [6, 6.07) is 1.14. The Morgan fingerprint density at radius 3 is 2.33 bits per heavy atom. The molecule has 0 unspecified atom stereocenters. The highest BCUT2D eigenvalue weighted by atomic mass is 28.3. The van der Waals surface area contributed by atoms with Crippen molar-refractivity contribution < 1.29 is 9.53 Å². The molecule has 3 heteroatoms. The Labute approximate surface area is 75.6 Å². The number of hydrogen-bond acceptors (Lipinski definition) is 2. The van der Waals surface area contributed by atoms with E-state index in [-0.39, 0.29) is 5.97 Å². The van der Waals surface area contributed by atoms with Gasteiger partial charge in [-0.05, 0) is 6.92 Å². The Balaban J connectivity index is 3.83. The van der Waals surface area contributed by atoms with Gasteiger partial charge in [0.1, 0.15) is 0 Å². The normalized spacial score (nSPS) is 11.0. The zero-order valence-corrected chi connectivity index (χ0v) is 9.44. The van der Waals surface area contributed by atoms with Crippen molar-refractivity contribution in [3.63, 3.8) is 0 Å². The van der Waals surface area contributed by atoms with Gasteiger partial charge in [-0.1, -0.05) is 32.6 Å². The fourth-order valence-electron chi connectivity index (χ4n) is 0.486. The van der Waals surface area contributed by atoms with Crippen LogP contribution in [0.2, 0.25) is 19.1 Å². The summed E-state index contributed by atoms with van der Waals surface area (Å²) in [4.78, 5) is 11.0. The number of ether oxygens (including phenoxy) is 1. The van der Waals surface area contributed by atoms with Gasteiger partial charge in [0.25, 0.3) is 0 Å². The minimum atomic E-state index is -1.27. The monoisotopic (exact) mass is 186 g/mol. The van der Waals surface area contributed by atoms with Gasteiger partial charge in [-0.25, -0.2) is 4.79 Å². The quantitative estimate of drug-likeness (QED) is 0.383. The maximum atomic E-state index is 11.0. The lowest BCUT2D eigenvalue weighted by Gasteiger charge is -2.19. The fraction of sp³-hybridized carbons (Fsp3) is 0.667. The predicted octanol–water partition coefficient (Wildman–Crippen LogP) is 2.37. The number of carbonyl (C=O) groups is 1. The van der Waals surface area contributed by atoms with Crippen LogP contribution in [0.3, 0.4) is 0 Å². The van der Waals surface area contributed by atoms with Crippen LogP contribution in [0.4, 0.5) is 0 Å². The second kappa shape index (κ2) is 4.45. The van der Waals surface area contributed by atoms with Crippen LogP contribution in [-0.2, 0) is 9.53 Å². The largest absolute Gasteiger partial charge is 0.466 e. The van der Waals surface area contributed by atoms with Crippen LogP contribution in [0.15, 0.2) is 12.2 Å². The van der Waals surface area contributed by atoms with Gasteiger partial charge in [-0.15, -0.1) is 0 Å². The zero-order chi connectivity index (χ0) is 9.78. The van der Waals surface area contributed by atoms with E-state index in [9.17, 15) is 4.79 Å². The van der Waals surface area contributed by atoms with Crippen LogP contribution >= 0.6 is 0 Å². The molecule has 0 bridgehead atoms. The van der Waals surface area contributed by atoms with Crippen molar-refractivity contribution in [2.75, 3.05) is 6.23 Å². The minimum absolute atomic E-state index is 0.260. The molecule has 0 fully saturated rings. The summed E-state index contributed by atoms with van der Waals surface area (Å²) < 4.78 is 5.08. The molecule has 0 aromatic carbocycles. The van der Waals surface area contributed by atoms with Crippen LogP contribution in [0.1, 0.15) is 13.8 Å². The molecular formula is C9H18O2Si. The molecule has 0 rings (SSSR count). The average molecular weight is 186 g/mol. The smallest absolute Gasteiger partial charge is 0.332 e. The number of hydrogen-bond donors (Lipinski definition) is 0. The Hall–Kier alpha value is -0.573. The van der Waals surface area contributed by atoms with E-state index >= 15 is 0 Å². The van der Waals surface area contributed by atoms with Crippen LogP contribution < -0.4 is 0 Å². The van der Waals surface area contributed by atoms with E-state index < -0.39 is 8.07 Å². The molecule has 0 heterocycles. The number of esters is 1. The van der Waals surface area contributed by atoms with E-state index in [0.717, 1.165) is 6.04 Å². The lowest BCUT2D eigenvalue weighted by atomic mass is 10.4. The van der Waals surface area contributed by atoms with Gasteiger partial charge < -0.3 is 4.74 Å². The standard InChI is InChI=1S/C9H18O2Si/c1-6-12(4,5)7-11-9(10)8(2)3/h2,6-7H2,1,3-5H3.